The van der Waals surface area contributed by atoms with Gasteiger partial charge in [-0.3, -0.25) is 13.9 Å². The topological polar surface area (TPSA) is 86.8 Å². The Kier molecular flexibility index (Phi) is 10.9. The van der Waals surface area contributed by atoms with Gasteiger partial charge >= 0.3 is 0 Å². The predicted molar refractivity (Wildman–Crippen MR) is 157 cm³/mol. The van der Waals surface area contributed by atoms with E-state index in [1.54, 1.807) is 29.2 Å². The van der Waals surface area contributed by atoms with Gasteiger partial charge in [0.1, 0.15) is 6.04 Å². The lowest BCUT2D eigenvalue weighted by atomic mass is 10.0. The summed E-state index contributed by atoms with van der Waals surface area (Å²) in [6, 6.07) is 24.9. The van der Waals surface area contributed by atoms with Crippen LogP contribution in [-0.2, 0) is 32.6 Å². The number of carbonyl (C=O) groups is 2. The van der Waals surface area contributed by atoms with Crippen LogP contribution in [0.15, 0.2) is 84.9 Å². The second kappa shape index (κ2) is 14.1. The van der Waals surface area contributed by atoms with Gasteiger partial charge in [0.05, 0.1) is 11.9 Å². The Morgan fingerprint density at radius 1 is 0.872 bits per heavy atom. The average molecular weight is 570 g/mol. The standard InChI is InChI=1S/C30H36ClN3O4S/c1-23(2)32-30(36)28(21-24-11-6-4-7-12-24)33(22-25-13-8-5-9-14-25)29(35)15-10-20-34(39(3,37)38)27-18-16-26(31)17-19-27/h4-9,11-14,16-19,23,28H,10,15,20-22H2,1-3H3,(H,32,36)/t28-/m1/s1. The lowest BCUT2D eigenvalue weighted by Crippen LogP contribution is -2.51. The third-order valence-corrected chi connectivity index (χ3v) is 7.61. The highest BCUT2D eigenvalue weighted by Gasteiger charge is 2.30. The zero-order valence-electron chi connectivity index (χ0n) is 22.6. The van der Waals surface area contributed by atoms with Crippen molar-refractivity contribution in [2.75, 3.05) is 17.1 Å². The summed E-state index contributed by atoms with van der Waals surface area (Å²) in [5.74, 6) is -0.444. The van der Waals surface area contributed by atoms with Gasteiger partial charge in [-0.15, -0.1) is 0 Å². The van der Waals surface area contributed by atoms with Gasteiger partial charge in [0.15, 0.2) is 0 Å². The highest BCUT2D eigenvalue weighted by molar-refractivity contribution is 7.92. The van der Waals surface area contributed by atoms with Crippen molar-refractivity contribution in [3.05, 3.63) is 101 Å². The van der Waals surface area contributed by atoms with Gasteiger partial charge in [-0.2, -0.15) is 0 Å². The molecule has 1 atom stereocenters. The quantitative estimate of drug-likeness (QED) is 0.312. The zero-order chi connectivity index (χ0) is 28.4. The van der Waals surface area contributed by atoms with E-state index in [0.717, 1.165) is 17.4 Å². The molecule has 0 aliphatic rings. The fourth-order valence-electron chi connectivity index (χ4n) is 4.33. The van der Waals surface area contributed by atoms with Crippen LogP contribution in [-0.4, -0.2) is 50.0 Å². The molecule has 0 spiro atoms. The predicted octanol–water partition coefficient (Wildman–Crippen LogP) is 5.05. The van der Waals surface area contributed by atoms with Crippen molar-refractivity contribution in [3.8, 4) is 0 Å². The molecule has 0 aliphatic carbocycles. The Bertz CT molecular complexity index is 1320. The molecule has 7 nitrogen and oxygen atoms in total. The first-order valence-corrected chi connectivity index (χ1v) is 15.2. The third kappa shape index (κ3) is 9.41. The molecule has 2 amide bonds. The van der Waals surface area contributed by atoms with Gasteiger partial charge in [0.2, 0.25) is 21.8 Å². The van der Waals surface area contributed by atoms with Crippen LogP contribution in [0.4, 0.5) is 5.69 Å². The molecule has 3 aromatic rings. The normalized spacial score (nSPS) is 12.1. The SMILES string of the molecule is CC(C)NC(=O)[C@@H](Cc1ccccc1)N(Cc1ccccc1)C(=O)CCCN(c1ccc(Cl)cc1)S(C)(=O)=O. The summed E-state index contributed by atoms with van der Waals surface area (Å²) in [7, 11) is -3.58. The van der Waals surface area contributed by atoms with Gasteiger partial charge in [-0.05, 0) is 55.7 Å². The van der Waals surface area contributed by atoms with Crippen molar-refractivity contribution in [1.82, 2.24) is 10.2 Å². The number of halogens is 1. The molecule has 0 saturated heterocycles. The zero-order valence-corrected chi connectivity index (χ0v) is 24.2. The van der Waals surface area contributed by atoms with Crippen LogP contribution in [0.3, 0.4) is 0 Å². The van der Waals surface area contributed by atoms with E-state index in [-0.39, 0.29) is 43.8 Å². The molecule has 39 heavy (non-hydrogen) atoms. The minimum Gasteiger partial charge on any atom is -0.352 e. The number of carbonyl (C=O) groups excluding carboxylic acids is 2. The molecular weight excluding hydrogens is 534 g/mol. The highest BCUT2D eigenvalue weighted by atomic mass is 35.5. The number of benzene rings is 3. The highest BCUT2D eigenvalue weighted by Crippen LogP contribution is 2.22. The maximum atomic E-state index is 13.7. The average Bonchev–Trinajstić information content (AvgIpc) is 2.89. The largest absolute Gasteiger partial charge is 0.352 e. The Morgan fingerprint density at radius 2 is 1.44 bits per heavy atom. The summed E-state index contributed by atoms with van der Waals surface area (Å²) in [6.07, 6.45) is 1.85. The molecule has 0 unspecified atom stereocenters. The molecule has 3 rings (SSSR count). The smallest absolute Gasteiger partial charge is 0.243 e. The Labute approximate surface area is 236 Å². The first-order chi connectivity index (χ1) is 18.5. The van der Waals surface area contributed by atoms with E-state index in [1.165, 1.54) is 4.31 Å². The van der Waals surface area contributed by atoms with Crippen LogP contribution in [0.25, 0.3) is 0 Å². The molecular formula is C30H36ClN3O4S. The molecule has 0 heterocycles. The number of hydrogen-bond acceptors (Lipinski definition) is 4. The number of amides is 2. The summed E-state index contributed by atoms with van der Waals surface area (Å²) < 4.78 is 26.3. The second-order valence-electron chi connectivity index (χ2n) is 9.79. The van der Waals surface area contributed by atoms with Crippen LogP contribution in [0.1, 0.15) is 37.8 Å². The Balaban J connectivity index is 1.85. The van der Waals surface area contributed by atoms with Gasteiger partial charge in [0, 0.05) is 37.0 Å². The maximum Gasteiger partial charge on any atom is 0.243 e. The van der Waals surface area contributed by atoms with Gasteiger partial charge < -0.3 is 10.2 Å². The fourth-order valence-corrected chi connectivity index (χ4v) is 5.42. The van der Waals surface area contributed by atoms with Crippen molar-refractivity contribution >= 4 is 39.1 Å². The van der Waals surface area contributed by atoms with E-state index in [4.69, 9.17) is 11.6 Å². The lowest BCUT2D eigenvalue weighted by molar-refractivity contribution is -0.141. The summed E-state index contributed by atoms with van der Waals surface area (Å²) in [5.41, 5.74) is 2.33. The molecule has 0 fully saturated rings. The van der Waals surface area contributed by atoms with Crippen molar-refractivity contribution in [1.29, 1.82) is 0 Å². The van der Waals surface area contributed by atoms with Crippen molar-refractivity contribution in [3.63, 3.8) is 0 Å². The number of rotatable bonds is 13. The lowest BCUT2D eigenvalue weighted by Gasteiger charge is -2.32. The van der Waals surface area contributed by atoms with E-state index in [0.29, 0.717) is 17.1 Å². The van der Waals surface area contributed by atoms with E-state index >= 15 is 0 Å². The fraction of sp³-hybridized carbons (Fsp3) is 0.333. The summed E-state index contributed by atoms with van der Waals surface area (Å²) in [4.78, 5) is 28.8. The Hall–Kier alpha value is -3.36. The third-order valence-electron chi connectivity index (χ3n) is 6.16. The van der Waals surface area contributed by atoms with Crippen LogP contribution < -0.4 is 9.62 Å². The van der Waals surface area contributed by atoms with Crippen LogP contribution >= 0.6 is 11.6 Å². The molecule has 208 valence electrons. The van der Waals surface area contributed by atoms with E-state index in [1.807, 2.05) is 74.5 Å². The van der Waals surface area contributed by atoms with Crippen LogP contribution in [0.2, 0.25) is 5.02 Å². The molecule has 0 radical (unpaired) electrons. The summed E-state index contributed by atoms with van der Waals surface area (Å²) >= 11 is 5.97. The molecule has 1 N–H and O–H groups in total. The monoisotopic (exact) mass is 569 g/mol. The number of nitrogens with zero attached hydrogens (tertiary/aromatic N) is 2. The van der Waals surface area contributed by atoms with Crippen molar-refractivity contribution in [2.45, 2.75) is 51.7 Å². The maximum absolute atomic E-state index is 13.7. The van der Waals surface area contributed by atoms with E-state index < -0.39 is 16.1 Å². The molecule has 0 saturated carbocycles. The van der Waals surface area contributed by atoms with Crippen LogP contribution in [0, 0.1) is 0 Å². The number of hydrogen-bond donors (Lipinski definition) is 1. The minimum atomic E-state index is -3.58. The molecule has 9 heteroatoms. The van der Waals surface area contributed by atoms with Crippen LogP contribution in [0.5, 0.6) is 0 Å². The number of nitrogens with one attached hydrogen (secondary N) is 1. The van der Waals surface area contributed by atoms with Crippen molar-refractivity contribution < 1.29 is 18.0 Å². The number of anilines is 1. The second-order valence-corrected chi connectivity index (χ2v) is 12.1. The first-order valence-electron chi connectivity index (χ1n) is 13.0. The van der Waals surface area contributed by atoms with Gasteiger partial charge in [-0.1, -0.05) is 72.3 Å². The number of sulfonamides is 1. The van der Waals surface area contributed by atoms with Gasteiger partial charge in [-0.25, -0.2) is 8.42 Å². The summed E-state index contributed by atoms with van der Waals surface area (Å²) in [6.45, 7) is 4.15. The van der Waals surface area contributed by atoms with Gasteiger partial charge in [0.25, 0.3) is 0 Å². The molecule has 0 aliphatic heterocycles. The first kappa shape index (κ1) is 30.2. The molecule has 0 bridgehead atoms. The molecule has 0 aromatic heterocycles. The minimum absolute atomic E-state index is 0.0761. The molecule has 3 aromatic carbocycles. The van der Waals surface area contributed by atoms with E-state index in [2.05, 4.69) is 5.32 Å². The van der Waals surface area contributed by atoms with Crippen molar-refractivity contribution in [2.24, 2.45) is 0 Å². The Morgan fingerprint density at radius 3 is 1.97 bits per heavy atom. The summed E-state index contributed by atoms with van der Waals surface area (Å²) in [5, 5.41) is 3.48. The van der Waals surface area contributed by atoms with E-state index in [9.17, 15) is 18.0 Å².